The van der Waals surface area contributed by atoms with Crippen LogP contribution in [0.25, 0.3) is 10.9 Å². The number of carbonyl (C=O) groups is 4. The minimum atomic E-state index is -1.47. The van der Waals surface area contributed by atoms with E-state index in [1.54, 1.807) is 18.5 Å². The highest BCUT2D eigenvalue weighted by atomic mass is 16.7. The molecule has 1 saturated heterocycles. The zero-order chi connectivity index (χ0) is 28.8. The third-order valence-electron chi connectivity index (χ3n) is 5.70. The van der Waals surface area contributed by atoms with Crippen molar-refractivity contribution in [3.05, 3.63) is 48.4 Å². The van der Waals surface area contributed by atoms with Gasteiger partial charge in [0.2, 0.25) is 12.4 Å². The molecule has 5 atom stereocenters. The van der Waals surface area contributed by atoms with E-state index in [0.717, 1.165) is 33.1 Å². The lowest BCUT2D eigenvalue weighted by atomic mass is 9.97. The van der Waals surface area contributed by atoms with Crippen molar-refractivity contribution in [2.24, 2.45) is 0 Å². The molecule has 1 aliphatic rings. The molecular weight excluding hydrogens is 528 g/mol. The maximum Gasteiger partial charge on any atom is 0.305 e. The van der Waals surface area contributed by atoms with Crippen LogP contribution in [0, 0.1) is 0 Å². The summed E-state index contributed by atoms with van der Waals surface area (Å²) in [5, 5.41) is 9.13. The Labute approximate surface area is 228 Å². The summed E-state index contributed by atoms with van der Waals surface area (Å²) in [6, 6.07) is 9.33. The first kappa shape index (κ1) is 28.4. The van der Waals surface area contributed by atoms with Gasteiger partial charge in [0.15, 0.2) is 12.2 Å². The topological polar surface area (TPSA) is 167 Å². The number of aromatic nitrogens is 4. The summed E-state index contributed by atoms with van der Waals surface area (Å²) >= 11 is 0. The first-order valence-electron chi connectivity index (χ1n) is 12.3. The van der Waals surface area contributed by atoms with Crippen LogP contribution in [0.5, 0.6) is 5.75 Å². The predicted molar refractivity (Wildman–Crippen MR) is 133 cm³/mol. The highest BCUT2D eigenvalue weighted by Gasteiger charge is 2.53. The highest BCUT2D eigenvalue weighted by Crippen LogP contribution is 2.30. The minimum Gasteiger partial charge on any atom is -0.485 e. The third-order valence-corrected chi connectivity index (χ3v) is 5.70. The van der Waals surface area contributed by atoms with Gasteiger partial charge in [0, 0.05) is 39.3 Å². The van der Waals surface area contributed by atoms with Gasteiger partial charge >= 0.3 is 23.9 Å². The van der Waals surface area contributed by atoms with Crippen LogP contribution in [0.1, 0.15) is 33.4 Å². The Bertz CT molecular complexity index is 1390. The normalized spacial score (nSPS) is 22.2. The highest BCUT2D eigenvalue weighted by molar-refractivity contribution is 5.84. The zero-order valence-electron chi connectivity index (χ0n) is 22.2. The fraction of sp³-hybridized carbons (Fsp3) is 0.423. The average Bonchev–Trinajstić information content (AvgIpc) is 3.33. The molecule has 1 fully saturated rings. The van der Waals surface area contributed by atoms with Crippen LogP contribution in [0.15, 0.2) is 42.7 Å². The Balaban J connectivity index is 1.55. The lowest BCUT2D eigenvalue weighted by Crippen LogP contribution is -2.62. The SMILES string of the molecule is CC(=O)O[C@@H]1O[C@H](Cn2cc(COc3cccc4cccnc34)nn2)[C@H](OC(C)=O)[C@H](OC(C)=O)[C@H]1OC(C)=O. The lowest BCUT2D eigenvalue weighted by molar-refractivity contribution is -0.297. The number of ether oxygens (including phenoxy) is 6. The van der Waals surface area contributed by atoms with Gasteiger partial charge in [-0.3, -0.25) is 24.2 Å². The molecule has 3 aromatic rings. The first-order valence-corrected chi connectivity index (χ1v) is 12.3. The molecule has 212 valence electrons. The maximum absolute atomic E-state index is 12.0. The molecule has 0 radical (unpaired) electrons. The third kappa shape index (κ3) is 7.08. The number of hydrogen-bond acceptors (Lipinski definition) is 13. The van der Waals surface area contributed by atoms with Gasteiger partial charge in [-0.2, -0.15) is 0 Å². The summed E-state index contributed by atoms with van der Waals surface area (Å²) < 4.78 is 34.6. The Hall–Kier alpha value is -4.59. The molecule has 14 heteroatoms. The van der Waals surface area contributed by atoms with Crippen molar-refractivity contribution in [3.8, 4) is 5.75 Å². The number of esters is 4. The van der Waals surface area contributed by atoms with E-state index in [4.69, 9.17) is 28.4 Å². The summed E-state index contributed by atoms with van der Waals surface area (Å²) in [6.07, 6.45) is -3.25. The summed E-state index contributed by atoms with van der Waals surface area (Å²) in [5.74, 6) is -2.38. The summed E-state index contributed by atoms with van der Waals surface area (Å²) in [4.78, 5) is 51.9. The maximum atomic E-state index is 12.0. The number of nitrogens with zero attached hydrogens (tertiary/aromatic N) is 4. The number of pyridine rings is 1. The van der Waals surface area contributed by atoms with Crippen molar-refractivity contribution in [1.82, 2.24) is 20.0 Å². The summed E-state index contributed by atoms with van der Waals surface area (Å²) in [5.41, 5.74) is 1.17. The van der Waals surface area contributed by atoms with Crippen LogP contribution >= 0.6 is 0 Å². The monoisotopic (exact) mass is 556 g/mol. The smallest absolute Gasteiger partial charge is 0.305 e. The van der Waals surface area contributed by atoms with Gasteiger partial charge in [-0.25, -0.2) is 4.68 Å². The van der Waals surface area contributed by atoms with Gasteiger partial charge in [0.1, 0.15) is 29.7 Å². The van der Waals surface area contributed by atoms with Crippen LogP contribution in [-0.2, 0) is 56.0 Å². The molecule has 0 bridgehead atoms. The predicted octanol–water partition coefficient (Wildman–Crippen LogP) is 1.49. The van der Waals surface area contributed by atoms with Crippen LogP contribution in [0.2, 0.25) is 0 Å². The number of carbonyl (C=O) groups excluding carboxylic acids is 4. The molecule has 2 aromatic heterocycles. The van der Waals surface area contributed by atoms with Crippen LogP contribution in [0.4, 0.5) is 0 Å². The van der Waals surface area contributed by atoms with Gasteiger partial charge in [-0.15, -0.1) is 5.10 Å². The average molecular weight is 557 g/mol. The van der Waals surface area contributed by atoms with Crippen molar-refractivity contribution in [3.63, 3.8) is 0 Å². The molecule has 0 aliphatic carbocycles. The van der Waals surface area contributed by atoms with Crippen LogP contribution < -0.4 is 4.74 Å². The van der Waals surface area contributed by atoms with Crippen molar-refractivity contribution >= 4 is 34.8 Å². The van der Waals surface area contributed by atoms with Gasteiger partial charge in [-0.05, 0) is 12.1 Å². The fourth-order valence-electron chi connectivity index (χ4n) is 4.28. The lowest BCUT2D eigenvalue weighted by Gasteiger charge is -2.43. The molecule has 0 spiro atoms. The number of hydrogen-bond donors (Lipinski definition) is 0. The van der Waals surface area contributed by atoms with E-state index >= 15 is 0 Å². The van der Waals surface area contributed by atoms with E-state index in [0.29, 0.717) is 17.0 Å². The molecule has 1 aliphatic heterocycles. The molecule has 0 unspecified atom stereocenters. The molecule has 0 saturated carbocycles. The minimum absolute atomic E-state index is 0.0664. The summed E-state index contributed by atoms with van der Waals surface area (Å²) in [7, 11) is 0. The van der Waals surface area contributed by atoms with E-state index in [2.05, 4.69) is 15.3 Å². The van der Waals surface area contributed by atoms with E-state index < -0.39 is 54.6 Å². The molecule has 1 aromatic carbocycles. The van der Waals surface area contributed by atoms with Crippen LogP contribution in [0.3, 0.4) is 0 Å². The zero-order valence-corrected chi connectivity index (χ0v) is 22.2. The number of fused-ring (bicyclic) bond motifs is 1. The van der Waals surface area contributed by atoms with Crippen molar-refractivity contribution in [2.45, 2.75) is 71.6 Å². The van der Waals surface area contributed by atoms with Crippen molar-refractivity contribution in [1.29, 1.82) is 0 Å². The molecule has 0 N–H and O–H groups in total. The Morgan fingerprint density at radius 2 is 1.50 bits per heavy atom. The second-order valence-electron chi connectivity index (χ2n) is 8.93. The molecule has 40 heavy (non-hydrogen) atoms. The Kier molecular flexibility index (Phi) is 8.89. The van der Waals surface area contributed by atoms with Gasteiger partial charge in [-0.1, -0.05) is 23.4 Å². The van der Waals surface area contributed by atoms with Gasteiger partial charge < -0.3 is 28.4 Å². The number of benzene rings is 1. The second kappa shape index (κ2) is 12.5. The van der Waals surface area contributed by atoms with Crippen molar-refractivity contribution in [2.75, 3.05) is 0 Å². The first-order chi connectivity index (χ1) is 19.1. The largest absolute Gasteiger partial charge is 0.485 e. The van der Waals surface area contributed by atoms with E-state index in [1.165, 1.54) is 4.68 Å². The van der Waals surface area contributed by atoms with Crippen LogP contribution in [-0.4, -0.2) is 74.6 Å². The fourth-order valence-corrected chi connectivity index (χ4v) is 4.28. The number of rotatable bonds is 9. The molecule has 14 nitrogen and oxygen atoms in total. The molecular formula is C26H28N4O10. The molecule has 0 amide bonds. The summed E-state index contributed by atoms with van der Waals surface area (Å²) in [6.45, 7) is 4.57. The molecule has 4 rings (SSSR count). The molecule has 3 heterocycles. The van der Waals surface area contributed by atoms with E-state index in [1.807, 2.05) is 24.3 Å². The standard InChI is InChI=1S/C26H28N4O10/c1-14(31)36-23-21(40-26(39-17(4)34)25(38-16(3)33)24(23)37-15(2)32)12-30-11-19(28-29-30)13-35-20-9-5-7-18-8-6-10-27-22(18)20/h5-11,21,23-26H,12-13H2,1-4H3/t21-,23+,24+,25-,26-/m1/s1. The number of para-hydroxylation sites is 1. The Morgan fingerprint density at radius 1 is 0.850 bits per heavy atom. The van der Waals surface area contributed by atoms with Gasteiger partial charge in [0.05, 0.1) is 12.7 Å². The van der Waals surface area contributed by atoms with Crippen molar-refractivity contribution < 1.29 is 47.6 Å². The quantitative estimate of drug-likeness (QED) is 0.275. The van der Waals surface area contributed by atoms with E-state index in [9.17, 15) is 19.2 Å². The van der Waals surface area contributed by atoms with E-state index in [-0.39, 0.29) is 13.2 Å². The Morgan fingerprint density at radius 3 is 2.20 bits per heavy atom. The second-order valence-corrected chi connectivity index (χ2v) is 8.93. The van der Waals surface area contributed by atoms with Gasteiger partial charge in [0.25, 0.3) is 0 Å².